The van der Waals surface area contributed by atoms with Crippen LogP contribution in [0.4, 0.5) is 0 Å². The number of carbonyl (C=O) groups is 2. The van der Waals surface area contributed by atoms with Crippen molar-refractivity contribution >= 4 is 11.9 Å². The third-order valence-corrected chi connectivity index (χ3v) is 6.70. The fourth-order valence-electron chi connectivity index (χ4n) is 4.92. The minimum Gasteiger partial charge on any atom is -0.458 e. The van der Waals surface area contributed by atoms with E-state index >= 15 is 0 Å². The van der Waals surface area contributed by atoms with Gasteiger partial charge >= 0.3 is 11.9 Å². The van der Waals surface area contributed by atoms with Crippen molar-refractivity contribution in [3.8, 4) is 0 Å². The molecule has 0 aliphatic heterocycles. The summed E-state index contributed by atoms with van der Waals surface area (Å²) in [5.74, 6) is 0.787. The van der Waals surface area contributed by atoms with Crippen molar-refractivity contribution < 1.29 is 19.1 Å². The summed E-state index contributed by atoms with van der Waals surface area (Å²) in [7, 11) is 0. The SMILES string of the molecule is CC1CCCC(C)C1OC(=O)c1cccc(C(=O)OC2C(C)CCCC2C)c1. The molecule has 4 heteroatoms. The fourth-order valence-corrected chi connectivity index (χ4v) is 4.92. The Hall–Kier alpha value is -1.84. The van der Waals surface area contributed by atoms with Gasteiger partial charge in [-0.2, -0.15) is 0 Å². The van der Waals surface area contributed by atoms with Crippen LogP contribution in [0.1, 0.15) is 86.9 Å². The Balaban J connectivity index is 1.67. The van der Waals surface area contributed by atoms with Crippen molar-refractivity contribution in [2.45, 2.75) is 78.4 Å². The summed E-state index contributed by atoms with van der Waals surface area (Å²) in [4.78, 5) is 25.4. The lowest BCUT2D eigenvalue weighted by atomic mass is 9.80. The molecule has 1 aromatic carbocycles. The first-order chi connectivity index (χ1) is 13.4. The number of rotatable bonds is 4. The van der Waals surface area contributed by atoms with Crippen molar-refractivity contribution in [1.82, 2.24) is 0 Å². The average molecular weight is 387 g/mol. The summed E-state index contributed by atoms with van der Waals surface area (Å²) in [5.41, 5.74) is 0.841. The molecule has 1 aromatic rings. The molecule has 4 atom stereocenters. The Bertz CT molecular complexity index is 622. The molecule has 0 saturated heterocycles. The molecule has 0 bridgehead atoms. The largest absolute Gasteiger partial charge is 0.458 e. The zero-order chi connectivity index (χ0) is 20.3. The summed E-state index contributed by atoms with van der Waals surface area (Å²) >= 11 is 0. The van der Waals surface area contributed by atoms with Gasteiger partial charge < -0.3 is 9.47 Å². The zero-order valence-electron chi connectivity index (χ0n) is 17.6. The summed E-state index contributed by atoms with van der Waals surface area (Å²) in [6.45, 7) is 8.59. The van der Waals surface area contributed by atoms with Crippen LogP contribution in [0.15, 0.2) is 24.3 Å². The van der Waals surface area contributed by atoms with Crippen LogP contribution < -0.4 is 0 Å². The van der Waals surface area contributed by atoms with Crippen LogP contribution in [0.3, 0.4) is 0 Å². The van der Waals surface area contributed by atoms with Gasteiger partial charge in [-0.3, -0.25) is 0 Å². The second kappa shape index (κ2) is 9.11. The van der Waals surface area contributed by atoms with Gasteiger partial charge in [0, 0.05) is 0 Å². The first-order valence-electron chi connectivity index (χ1n) is 10.9. The summed E-state index contributed by atoms with van der Waals surface area (Å²) in [6, 6.07) is 6.77. The third kappa shape index (κ3) is 4.76. The molecule has 0 radical (unpaired) electrons. The Morgan fingerprint density at radius 1 is 0.714 bits per heavy atom. The maximum atomic E-state index is 12.7. The molecule has 2 saturated carbocycles. The summed E-state index contributed by atoms with van der Waals surface area (Å²) in [5, 5.41) is 0. The Morgan fingerprint density at radius 3 is 1.43 bits per heavy atom. The number of benzene rings is 1. The van der Waals surface area contributed by atoms with Gasteiger partial charge in [0.15, 0.2) is 0 Å². The van der Waals surface area contributed by atoms with Crippen LogP contribution in [0.2, 0.25) is 0 Å². The molecular formula is C24H34O4. The molecule has 0 heterocycles. The van der Waals surface area contributed by atoms with Gasteiger partial charge in [-0.05, 0) is 67.6 Å². The molecule has 0 amide bonds. The summed E-state index contributed by atoms with van der Waals surface area (Å²) in [6.07, 6.45) is 6.63. The first kappa shape index (κ1) is 20.9. The highest BCUT2D eigenvalue weighted by Gasteiger charge is 2.33. The molecule has 28 heavy (non-hydrogen) atoms. The van der Waals surface area contributed by atoms with E-state index in [2.05, 4.69) is 27.7 Å². The molecule has 4 nitrogen and oxygen atoms in total. The normalized spacial score (nSPS) is 33.1. The second-order valence-electron chi connectivity index (χ2n) is 9.09. The number of hydrogen-bond acceptors (Lipinski definition) is 4. The lowest BCUT2D eigenvalue weighted by molar-refractivity contribution is -0.0165. The van der Waals surface area contributed by atoms with Gasteiger partial charge in [-0.1, -0.05) is 46.6 Å². The average Bonchev–Trinajstić information content (AvgIpc) is 2.67. The minimum absolute atomic E-state index is 0.0548. The number of esters is 2. The highest BCUT2D eigenvalue weighted by atomic mass is 16.5. The maximum Gasteiger partial charge on any atom is 0.338 e. The van der Waals surface area contributed by atoms with Gasteiger partial charge in [0.25, 0.3) is 0 Å². The van der Waals surface area contributed by atoms with Crippen molar-refractivity contribution in [2.24, 2.45) is 23.7 Å². The number of hydrogen-bond donors (Lipinski definition) is 0. The Labute approximate surface area is 169 Å². The maximum absolute atomic E-state index is 12.7. The fraction of sp³-hybridized carbons (Fsp3) is 0.667. The van der Waals surface area contributed by atoms with E-state index in [0.717, 1.165) is 25.7 Å². The van der Waals surface area contributed by atoms with E-state index in [4.69, 9.17) is 9.47 Å². The summed E-state index contributed by atoms with van der Waals surface area (Å²) < 4.78 is 11.7. The number of ether oxygens (including phenoxy) is 2. The molecule has 154 valence electrons. The molecule has 2 fully saturated rings. The predicted octanol–water partition coefficient (Wildman–Crippen LogP) is 5.65. The van der Waals surface area contributed by atoms with Crippen LogP contribution in [-0.4, -0.2) is 24.1 Å². The van der Waals surface area contributed by atoms with Gasteiger partial charge in [-0.15, -0.1) is 0 Å². The zero-order valence-corrected chi connectivity index (χ0v) is 17.6. The molecule has 4 unspecified atom stereocenters. The van der Waals surface area contributed by atoms with Gasteiger partial charge in [0.05, 0.1) is 11.1 Å². The minimum atomic E-state index is -0.348. The van der Waals surface area contributed by atoms with Crippen LogP contribution in [0, 0.1) is 23.7 Å². The Kier molecular flexibility index (Phi) is 6.79. The smallest absolute Gasteiger partial charge is 0.338 e. The van der Waals surface area contributed by atoms with Gasteiger partial charge in [-0.25, -0.2) is 9.59 Å². The van der Waals surface area contributed by atoms with Crippen LogP contribution in [0.25, 0.3) is 0 Å². The van der Waals surface area contributed by atoms with Crippen molar-refractivity contribution in [1.29, 1.82) is 0 Å². The molecule has 0 N–H and O–H groups in total. The van der Waals surface area contributed by atoms with Crippen LogP contribution in [0.5, 0.6) is 0 Å². The topological polar surface area (TPSA) is 52.6 Å². The highest BCUT2D eigenvalue weighted by Crippen LogP contribution is 2.33. The molecule has 0 spiro atoms. The molecular weight excluding hydrogens is 352 g/mol. The first-order valence-corrected chi connectivity index (χ1v) is 10.9. The second-order valence-corrected chi connectivity index (χ2v) is 9.09. The van der Waals surface area contributed by atoms with Crippen molar-refractivity contribution in [3.05, 3.63) is 35.4 Å². The van der Waals surface area contributed by atoms with E-state index in [1.165, 1.54) is 12.8 Å². The Morgan fingerprint density at radius 2 is 1.07 bits per heavy atom. The van der Waals surface area contributed by atoms with Gasteiger partial charge in [0.1, 0.15) is 12.2 Å². The third-order valence-electron chi connectivity index (χ3n) is 6.70. The van der Waals surface area contributed by atoms with Crippen molar-refractivity contribution in [3.63, 3.8) is 0 Å². The monoisotopic (exact) mass is 386 g/mol. The highest BCUT2D eigenvalue weighted by molar-refractivity contribution is 5.95. The van der Waals surface area contributed by atoms with E-state index in [1.54, 1.807) is 24.3 Å². The molecule has 2 aliphatic rings. The lowest BCUT2D eigenvalue weighted by Gasteiger charge is -2.34. The van der Waals surface area contributed by atoms with Crippen molar-refractivity contribution in [2.75, 3.05) is 0 Å². The molecule has 0 aromatic heterocycles. The van der Waals surface area contributed by atoms with E-state index in [0.29, 0.717) is 34.8 Å². The van der Waals surface area contributed by atoms with E-state index in [-0.39, 0.29) is 24.1 Å². The molecule has 2 aliphatic carbocycles. The lowest BCUT2D eigenvalue weighted by Crippen LogP contribution is -2.35. The van der Waals surface area contributed by atoms with Crippen LogP contribution in [-0.2, 0) is 9.47 Å². The standard InChI is InChI=1S/C24H34O4/c1-15-8-5-9-16(2)21(15)27-23(25)19-12-7-13-20(14-19)24(26)28-22-17(3)10-6-11-18(22)4/h7,12-18,21-22H,5-6,8-11H2,1-4H3. The number of carbonyl (C=O) groups excluding carboxylic acids is 2. The predicted molar refractivity (Wildman–Crippen MR) is 109 cm³/mol. The molecule has 3 rings (SSSR count). The van der Waals surface area contributed by atoms with E-state index < -0.39 is 0 Å². The van der Waals surface area contributed by atoms with E-state index in [1.807, 2.05) is 0 Å². The van der Waals surface area contributed by atoms with E-state index in [9.17, 15) is 9.59 Å². The van der Waals surface area contributed by atoms with Gasteiger partial charge in [0.2, 0.25) is 0 Å². The quantitative estimate of drug-likeness (QED) is 0.628. The van der Waals surface area contributed by atoms with Crippen LogP contribution >= 0.6 is 0 Å².